The summed E-state index contributed by atoms with van der Waals surface area (Å²) in [5.41, 5.74) is 1.54. The van der Waals surface area contributed by atoms with Crippen molar-refractivity contribution in [1.82, 2.24) is 0 Å². The van der Waals surface area contributed by atoms with E-state index in [-0.39, 0.29) is 5.97 Å². The SMILES string of the molecule is CC1(C)OC2=C(CC1O)C1=C(CCC(=O)O1)CC2. The normalized spacial score (nSPS) is 30.4. The van der Waals surface area contributed by atoms with Crippen LogP contribution in [0.25, 0.3) is 0 Å². The van der Waals surface area contributed by atoms with Crippen molar-refractivity contribution < 1.29 is 19.4 Å². The van der Waals surface area contributed by atoms with Gasteiger partial charge < -0.3 is 14.6 Å². The average molecular weight is 250 g/mol. The highest BCUT2D eigenvalue weighted by atomic mass is 16.5. The van der Waals surface area contributed by atoms with E-state index < -0.39 is 11.7 Å². The van der Waals surface area contributed by atoms with Crippen LogP contribution in [0.3, 0.4) is 0 Å². The van der Waals surface area contributed by atoms with Crippen LogP contribution in [0.15, 0.2) is 22.7 Å². The second-order valence-corrected chi connectivity index (χ2v) is 5.73. The molecule has 0 aromatic rings. The van der Waals surface area contributed by atoms with E-state index in [1.165, 1.54) is 5.57 Å². The predicted molar refractivity (Wildman–Crippen MR) is 64.4 cm³/mol. The maximum Gasteiger partial charge on any atom is 0.311 e. The smallest absolute Gasteiger partial charge is 0.311 e. The van der Waals surface area contributed by atoms with Crippen LogP contribution >= 0.6 is 0 Å². The molecule has 3 rings (SSSR count). The van der Waals surface area contributed by atoms with E-state index in [9.17, 15) is 9.90 Å². The third kappa shape index (κ3) is 1.75. The number of carbonyl (C=O) groups excluding carboxylic acids is 1. The van der Waals surface area contributed by atoms with Crippen molar-refractivity contribution in [3.8, 4) is 0 Å². The van der Waals surface area contributed by atoms with Crippen LogP contribution in [0.2, 0.25) is 0 Å². The van der Waals surface area contributed by atoms with E-state index in [0.717, 1.165) is 30.6 Å². The number of carbonyl (C=O) groups is 1. The highest BCUT2D eigenvalue weighted by Gasteiger charge is 2.41. The molecule has 2 aliphatic heterocycles. The molecule has 1 atom stereocenters. The molecular weight excluding hydrogens is 232 g/mol. The highest BCUT2D eigenvalue weighted by molar-refractivity contribution is 5.73. The summed E-state index contributed by atoms with van der Waals surface area (Å²) < 4.78 is 11.2. The Bertz CT molecular complexity index is 470. The number of rotatable bonds is 0. The Morgan fingerprint density at radius 2 is 1.94 bits per heavy atom. The summed E-state index contributed by atoms with van der Waals surface area (Å²) in [4.78, 5) is 11.4. The molecule has 1 aliphatic carbocycles. The Balaban J connectivity index is 1.99. The second-order valence-electron chi connectivity index (χ2n) is 5.73. The van der Waals surface area contributed by atoms with E-state index in [0.29, 0.717) is 18.6 Å². The molecule has 0 saturated heterocycles. The fourth-order valence-corrected chi connectivity index (χ4v) is 2.80. The van der Waals surface area contributed by atoms with E-state index >= 15 is 0 Å². The van der Waals surface area contributed by atoms with Crippen molar-refractivity contribution in [3.63, 3.8) is 0 Å². The first-order chi connectivity index (χ1) is 8.47. The molecule has 4 heteroatoms. The topological polar surface area (TPSA) is 55.8 Å². The number of aliphatic hydroxyl groups excluding tert-OH is 1. The summed E-state index contributed by atoms with van der Waals surface area (Å²) >= 11 is 0. The molecule has 1 N–H and O–H groups in total. The van der Waals surface area contributed by atoms with Gasteiger partial charge in [0.05, 0.1) is 6.10 Å². The molecule has 0 amide bonds. The van der Waals surface area contributed by atoms with E-state index in [1.807, 2.05) is 13.8 Å². The maximum absolute atomic E-state index is 11.4. The van der Waals surface area contributed by atoms with Crippen molar-refractivity contribution in [1.29, 1.82) is 0 Å². The van der Waals surface area contributed by atoms with Crippen LogP contribution in [-0.2, 0) is 14.3 Å². The van der Waals surface area contributed by atoms with Gasteiger partial charge in [0, 0.05) is 24.8 Å². The fraction of sp³-hybridized carbons (Fsp3) is 0.643. The zero-order valence-electron chi connectivity index (χ0n) is 10.8. The van der Waals surface area contributed by atoms with Gasteiger partial charge in [0.25, 0.3) is 0 Å². The third-order valence-electron chi connectivity index (χ3n) is 4.02. The van der Waals surface area contributed by atoms with Gasteiger partial charge in [-0.1, -0.05) is 0 Å². The molecule has 0 radical (unpaired) electrons. The quantitative estimate of drug-likeness (QED) is 0.669. The lowest BCUT2D eigenvalue weighted by atomic mass is 9.83. The summed E-state index contributed by atoms with van der Waals surface area (Å²) in [6.45, 7) is 3.77. The molecule has 0 bridgehead atoms. The molecule has 0 aromatic heterocycles. The fourth-order valence-electron chi connectivity index (χ4n) is 2.80. The number of hydrogen-bond acceptors (Lipinski definition) is 4. The number of allylic oxidation sites excluding steroid dienone is 3. The summed E-state index contributed by atoms with van der Waals surface area (Å²) in [5.74, 6) is 1.39. The third-order valence-corrected chi connectivity index (χ3v) is 4.02. The van der Waals surface area contributed by atoms with Crippen molar-refractivity contribution in [2.24, 2.45) is 0 Å². The van der Waals surface area contributed by atoms with E-state index in [4.69, 9.17) is 9.47 Å². The summed E-state index contributed by atoms with van der Waals surface area (Å²) in [7, 11) is 0. The molecule has 18 heavy (non-hydrogen) atoms. The largest absolute Gasteiger partial charge is 0.489 e. The van der Waals surface area contributed by atoms with Crippen LogP contribution in [0.4, 0.5) is 0 Å². The lowest BCUT2D eigenvalue weighted by Crippen LogP contribution is -2.43. The minimum atomic E-state index is -0.566. The van der Waals surface area contributed by atoms with Gasteiger partial charge in [-0.15, -0.1) is 0 Å². The molecular formula is C14H18O4. The lowest BCUT2D eigenvalue weighted by Gasteiger charge is -2.41. The van der Waals surface area contributed by atoms with Crippen molar-refractivity contribution in [2.45, 2.75) is 57.7 Å². The molecule has 0 fully saturated rings. The number of esters is 1. The van der Waals surface area contributed by atoms with Crippen LogP contribution < -0.4 is 0 Å². The number of hydrogen-bond donors (Lipinski definition) is 1. The Labute approximate surface area is 106 Å². The first-order valence-electron chi connectivity index (χ1n) is 6.49. The van der Waals surface area contributed by atoms with Crippen LogP contribution in [0.5, 0.6) is 0 Å². The molecule has 3 aliphatic rings. The minimum absolute atomic E-state index is 0.179. The predicted octanol–water partition coefficient (Wildman–Crippen LogP) is 2.19. The van der Waals surface area contributed by atoms with Crippen molar-refractivity contribution in [3.05, 3.63) is 22.7 Å². The zero-order chi connectivity index (χ0) is 12.9. The molecule has 0 aromatic carbocycles. The van der Waals surface area contributed by atoms with Crippen LogP contribution in [0.1, 0.15) is 46.0 Å². The van der Waals surface area contributed by atoms with E-state index in [2.05, 4.69) is 0 Å². The van der Waals surface area contributed by atoms with E-state index in [1.54, 1.807) is 0 Å². The number of aliphatic hydroxyl groups is 1. The first-order valence-corrected chi connectivity index (χ1v) is 6.49. The molecule has 0 saturated carbocycles. The molecule has 4 nitrogen and oxygen atoms in total. The Morgan fingerprint density at radius 3 is 2.72 bits per heavy atom. The Hall–Kier alpha value is -1.29. The Kier molecular flexibility index (Phi) is 2.52. The van der Waals surface area contributed by atoms with Gasteiger partial charge in [-0.25, -0.2) is 0 Å². The minimum Gasteiger partial charge on any atom is -0.489 e. The monoisotopic (exact) mass is 250 g/mol. The summed E-state index contributed by atoms with van der Waals surface area (Å²) in [6, 6.07) is 0. The first kappa shape index (κ1) is 11.8. The van der Waals surface area contributed by atoms with Crippen LogP contribution in [-0.4, -0.2) is 22.8 Å². The van der Waals surface area contributed by atoms with Crippen molar-refractivity contribution >= 4 is 5.97 Å². The second kappa shape index (κ2) is 3.85. The van der Waals surface area contributed by atoms with Gasteiger partial charge in [-0.3, -0.25) is 4.79 Å². The van der Waals surface area contributed by atoms with Crippen molar-refractivity contribution in [2.75, 3.05) is 0 Å². The summed E-state index contributed by atoms with van der Waals surface area (Å²) in [5, 5.41) is 10.1. The number of fused-ring (bicyclic) bond motifs is 1. The van der Waals surface area contributed by atoms with Crippen LogP contribution in [0, 0.1) is 0 Å². The highest BCUT2D eigenvalue weighted by Crippen LogP contribution is 2.44. The molecule has 2 heterocycles. The maximum atomic E-state index is 11.4. The summed E-state index contributed by atoms with van der Waals surface area (Å²) in [6.07, 6.45) is 2.94. The zero-order valence-corrected chi connectivity index (χ0v) is 10.8. The van der Waals surface area contributed by atoms with Gasteiger partial charge in [-0.05, 0) is 32.3 Å². The standard InChI is InChI=1S/C14H18O4/c1-14(2)11(15)7-9-10(18-14)5-3-8-4-6-12(16)17-13(8)9/h11,15H,3-7H2,1-2H3. The van der Waals surface area contributed by atoms with Gasteiger partial charge in [0.1, 0.15) is 17.1 Å². The van der Waals surface area contributed by atoms with Gasteiger partial charge in [0.2, 0.25) is 0 Å². The Morgan fingerprint density at radius 1 is 1.22 bits per heavy atom. The molecule has 0 spiro atoms. The van der Waals surface area contributed by atoms with Gasteiger partial charge in [0.15, 0.2) is 0 Å². The molecule has 98 valence electrons. The average Bonchev–Trinajstić information content (AvgIpc) is 2.30. The molecule has 1 unspecified atom stereocenters. The lowest BCUT2D eigenvalue weighted by molar-refractivity contribution is -0.141. The number of ether oxygens (including phenoxy) is 2. The van der Waals surface area contributed by atoms with Gasteiger partial charge >= 0.3 is 5.97 Å². The van der Waals surface area contributed by atoms with Gasteiger partial charge in [-0.2, -0.15) is 0 Å².